The lowest BCUT2D eigenvalue weighted by atomic mass is 10.1. The molecule has 0 N–H and O–H groups in total. The number of nitrogens with zero attached hydrogens (tertiary/aromatic N) is 3. The Morgan fingerprint density at radius 3 is 2.78 bits per heavy atom. The molecule has 3 heterocycles. The molecule has 0 bridgehead atoms. The van der Waals surface area contributed by atoms with Crippen molar-refractivity contribution < 1.29 is 23.5 Å². The molecule has 3 aliphatic rings. The van der Waals surface area contributed by atoms with Gasteiger partial charge in [0.25, 0.3) is 5.91 Å². The van der Waals surface area contributed by atoms with Crippen molar-refractivity contribution in [3.8, 4) is 11.6 Å². The van der Waals surface area contributed by atoms with Crippen LogP contribution >= 0.6 is 0 Å². The summed E-state index contributed by atoms with van der Waals surface area (Å²) in [4.78, 5) is 33.0. The topological polar surface area (TPSA) is 72.0 Å². The van der Waals surface area contributed by atoms with Crippen molar-refractivity contribution >= 4 is 17.4 Å². The fourth-order valence-electron chi connectivity index (χ4n) is 4.73. The molecule has 1 aliphatic carbocycles. The Morgan fingerprint density at radius 2 is 2.03 bits per heavy atom. The largest absolute Gasteiger partial charge is 0.479 e. The lowest BCUT2D eigenvalue weighted by Gasteiger charge is -2.19. The predicted molar refractivity (Wildman–Crippen MR) is 116 cm³/mol. The minimum atomic E-state index is -0.678. The molecule has 2 aliphatic heterocycles. The number of likely N-dealkylation sites (tertiary alicyclic amines) is 1. The molecule has 7 nitrogen and oxygen atoms in total. The second kappa shape index (κ2) is 8.50. The first-order chi connectivity index (χ1) is 15.5. The quantitative estimate of drug-likeness (QED) is 0.689. The molecule has 2 atom stereocenters. The second-order valence-electron chi connectivity index (χ2n) is 8.68. The number of halogens is 1. The SMILES string of the molecule is CN1CCCC1COc1ccc(OC2CCN(c3cc(F)c4c(c3)C(=O)CC4)C2=O)cn1. The first-order valence-corrected chi connectivity index (χ1v) is 11.1. The first-order valence-electron chi connectivity index (χ1n) is 11.1. The van der Waals surface area contributed by atoms with E-state index in [0.29, 0.717) is 66.9 Å². The van der Waals surface area contributed by atoms with Crippen molar-refractivity contribution in [3.05, 3.63) is 47.4 Å². The zero-order chi connectivity index (χ0) is 22.2. The Balaban J connectivity index is 1.21. The fraction of sp³-hybridized carbons (Fsp3) is 0.458. The Labute approximate surface area is 186 Å². The van der Waals surface area contributed by atoms with Crippen LogP contribution in [0.4, 0.5) is 10.1 Å². The lowest BCUT2D eigenvalue weighted by molar-refractivity contribution is -0.122. The number of rotatable bonds is 6. The molecule has 0 spiro atoms. The third-order valence-corrected chi connectivity index (χ3v) is 6.63. The monoisotopic (exact) mass is 439 g/mol. The summed E-state index contributed by atoms with van der Waals surface area (Å²) in [6.07, 6.45) is 4.40. The molecule has 2 unspecified atom stereocenters. The van der Waals surface area contributed by atoms with E-state index in [9.17, 15) is 14.0 Å². The highest BCUT2D eigenvalue weighted by molar-refractivity contribution is 6.04. The number of ketones is 1. The van der Waals surface area contributed by atoms with Gasteiger partial charge in [0.15, 0.2) is 11.9 Å². The van der Waals surface area contributed by atoms with Crippen LogP contribution in [0.2, 0.25) is 0 Å². The number of likely N-dealkylation sites (N-methyl/N-ethyl adjacent to an activating group) is 1. The van der Waals surface area contributed by atoms with Gasteiger partial charge in [-0.25, -0.2) is 9.37 Å². The number of hydrogen-bond acceptors (Lipinski definition) is 6. The molecular weight excluding hydrogens is 413 g/mol. The van der Waals surface area contributed by atoms with Crippen LogP contribution in [0.1, 0.15) is 41.6 Å². The minimum Gasteiger partial charge on any atom is -0.479 e. The molecule has 2 aromatic rings. The first kappa shape index (κ1) is 20.9. The van der Waals surface area contributed by atoms with Crippen LogP contribution in [0.15, 0.2) is 30.5 Å². The Bertz CT molecular complexity index is 1040. The molecule has 1 aromatic carbocycles. The number of aromatic nitrogens is 1. The molecule has 32 heavy (non-hydrogen) atoms. The number of Topliss-reactive ketones (excluding diaryl/α,β-unsaturated/α-hetero) is 1. The average molecular weight is 439 g/mol. The van der Waals surface area contributed by atoms with E-state index in [1.807, 2.05) is 0 Å². The van der Waals surface area contributed by atoms with E-state index in [2.05, 4.69) is 16.9 Å². The van der Waals surface area contributed by atoms with Gasteiger partial charge < -0.3 is 19.3 Å². The van der Waals surface area contributed by atoms with Crippen LogP contribution in [0.3, 0.4) is 0 Å². The minimum absolute atomic E-state index is 0.0758. The van der Waals surface area contributed by atoms with Crippen molar-refractivity contribution in [2.45, 2.75) is 44.2 Å². The fourth-order valence-corrected chi connectivity index (χ4v) is 4.73. The Hall–Kier alpha value is -3.00. The summed E-state index contributed by atoms with van der Waals surface area (Å²) in [5.74, 6) is 0.248. The number of fused-ring (bicyclic) bond motifs is 1. The van der Waals surface area contributed by atoms with Crippen LogP contribution < -0.4 is 14.4 Å². The third-order valence-electron chi connectivity index (χ3n) is 6.63. The van der Waals surface area contributed by atoms with Gasteiger partial charge in [0.2, 0.25) is 5.88 Å². The van der Waals surface area contributed by atoms with E-state index in [1.54, 1.807) is 24.4 Å². The van der Waals surface area contributed by atoms with Crippen LogP contribution in [-0.2, 0) is 11.2 Å². The van der Waals surface area contributed by atoms with Gasteiger partial charge in [0.1, 0.15) is 18.2 Å². The number of hydrogen-bond donors (Lipinski definition) is 0. The maximum absolute atomic E-state index is 14.4. The molecule has 168 valence electrons. The smallest absolute Gasteiger partial charge is 0.268 e. The summed E-state index contributed by atoms with van der Waals surface area (Å²) in [6, 6.07) is 6.86. The lowest BCUT2D eigenvalue weighted by Crippen LogP contribution is -2.32. The van der Waals surface area contributed by atoms with Gasteiger partial charge in [-0.05, 0) is 56.6 Å². The average Bonchev–Trinajstić information content (AvgIpc) is 3.48. The van der Waals surface area contributed by atoms with E-state index >= 15 is 0 Å². The summed E-state index contributed by atoms with van der Waals surface area (Å²) < 4.78 is 26.1. The molecule has 1 amide bonds. The van der Waals surface area contributed by atoms with E-state index < -0.39 is 11.9 Å². The molecule has 8 heteroatoms. The zero-order valence-electron chi connectivity index (χ0n) is 18.1. The normalized spacial score (nSPS) is 23.1. The van der Waals surface area contributed by atoms with E-state index in [1.165, 1.54) is 17.4 Å². The van der Waals surface area contributed by atoms with Crippen molar-refractivity contribution in [1.82, 2.24) is 9.88 Å². The molecule has 2 fully saturated rings. The number of anilines is 1. The number of carbonyl (C=O) groups is 2. The van der Waals surface area contributed by atoms with E-state index in [4.69, 9.17) is 9.47 Å². The molecule has 1 aromatic heterocycles. The Kier molecular flexibility index (Phi) is 5.55. The van der Waals surface area contributed by atoms with Crippen molar-refractivity contribution in [2.75, 3.05) is 31.6 Å². The van der Waals surface area contributed by atoms with Gasteiger partial charge in [0.05, 0.1) is 6.20 Å². The van der Waals surface area contributed by atoms with Crippen LogP contribution in [-0.4, -0.2) is 60.5 Å². The van der Waals surface area contributed by atoms with Crippen LogP contribution in [0, 0.1) is 5.82 Å². The molecule has 0 radical (unpaired) electrons. The van der Waals surface area contributed by atoms with Gasteiger partial charge in [-0.1, -0.05) is 0 Å². The standard InChI is InChI=1S/C24H26FN3O4/c1-27-9-2-3-15(27)14-31-23-7-4-17(13-26-23)32-22-8-10-28(24(22)30)16-11-19-18(20(25)12-16)5-6-21(19)29/h4,7,11-13,15,22H,2-3,5-6,8-10,14H2,1H3. The summed E-state index contributed by atoms with van der Waals surface area (Å²) in [7, 11) is 2.10. The predicted octanol–water partition coefficient (Wildman–Crippen LogP) is 3.01. The van der Waals surface area contributed by atoms with Gasteiger partial charge in [-0.3, -0.25) is 9.59 Å². The highest BCUT2D eigenvalue weighted by Gasteiger charge is 2.36. The van der Waals surface area contributed by atoms with E-state index in [-0.39, 0.29) is 11.7 Å². The maximum Gasteiger partial charge on any atom is 0.268 e. The second-order valence-corrected chi connectivity index (χ2v) is 8.68. The summed E-state index contributed by atoms with van der Waals surface area (Å²) in [5, 5.41) is 0. The highest BCUT2D eigenvalue weighted by atomic mass is 19.1. The zero-order valence-corrected chi connectivity index (χ0v) is 18.1. The van der Waals surface area contributed by atoms with Crippen LogP contribution in [0.5, 0.6) is 11.6 Å². The van der Waals surface area contributed by atoms with Gasteiger partial charge in [-0.15, -0.1) is 0 Å². The number of carbonyl (C=O) groups excluding carboxylic acids is 2. The third kappa shape index (κ3) is 3.95. The number of ether oxygens (including phenoxy) is 2. The summed E-state index contributed by atoms with van der Waals surface area (Å²) >= 11 is 0. The van der Waals surface area contributed by atoms with Crippen molar-refractivity contribution in [2.24, 2.45) is 0 Å². The molecular formula is C24H26FN3O4. The number of benzene rings is 1. The number of amides is 1. The van der Waals surface area contributed by atoms with Gasteiger partial charge >= 0.3 is 0 Å². The molecule has 0 saturated carbocycles. The van der Waals surface area contributed by atoms with Crippen LogP contribution in [0.25, 0.3) is 0 Å². The molecule has 2 saturated heterocycles. The summed E-state index contributed by atoms with van der Waals surface area (Å²) in [6.45, 7) is 2.09. The molecule has 5 rings (SSSR count). The summed E-state index contributed by atoms with van der Waals surface area (Å²) in [5.41, 5.74) is 1.25. The van der Waals surface area contributed by atoms with Gasteiger partial charge in [-0.2, -0.15) is 0 Å². The van der Waals surface area contributed by atoms with Crippen molar-refractivity contribution in [1.29, 1.82) is 0 Å². The highest BCUT2D eigenvalue weighted by Crippen LogP contribution is 2.32. The van der Waals surface area contributed by atoms with Gasteiger partial charge in [0, 0.05) is 42.7 Å². The Morgan fingerprint density at radius 1 is 1.16 bits per heavy atom. The van der Waals surface area contributed by atoms with E-state index in [0.717, 1.165) is 13.0 Å². The number of pyridine rings is 1. The maximum atomic E-state index is 14.4. The van der Waals surface area contributed by atoms with Crippen molar-refractivity contribution in [3.63, 3.8) is 0 Å².